The summed E-state index contributed by atoms with van der Waals surface area (Å²) in [6, 6.07) is 7.90. The minimum absolute atomic E-state index is 0.132. The van der Waals surface area contributed by atoms with Crippen molar-refractivity contribution < 1.29 is 14.3 Å². The maximum absolute atomic E-state index is 13.5. The number of aromatic nitrogens is 3. The van der Waals surface area contributed by atoms with E-state index in [9.17, 15) is 9.59 Å². The molecule has 0 saturated heterocycles. The molecule has 0 spiro atoms. The molecule has 35 heavy (non-hydrogen) atoms. The molecule has 2 aromatic heterocycles. The van der Waals surface area contributed by atoms with Gasteiger partial charge in [-0.25, -0.2) is 9.67 Å². The van der Waals surface area contributed by atoms with Crippen LogP contribution in [0.1, 0.15) is 81.3 Å². The van der Waals surface area contributed by atoms with Crippen LogP contribution in [-0.4, -0.2) is 39.1 Å². The number of hydrogen-bond donors (Lipinski definition) is 2. The van der Waals surface area contributed by atoms with Gasteiger partial charge in [0.2, 0.25) is 0 Å². The molecule has 8 nitrogen and oxygen atoms in total. The average Bonchev–Trinajstić information content (AvgIpc) is 3.31. The fourth-order valence-corrected chi connectivity index (χ4v) is 4.55. The second-order valence-corrected chi connectivity index (χ2v) is 9.05. The Morgan fingerprint density at radius 1 is 1.14 bits per heavy atom. The highest BCUT2D eigenvalue weighted by atomic mass is 16.5. The highest BCUT2D eigenvalue weighted by Crippen LogP contribution is 2.30. The largest absolute Gasteiger partial charge is 0.494 e. The standard InChI is InChI=1S/C27H35N5O3/c1-4-15-35-21-13-7-18(8-14-21)24(5-2)31-27(34)23-16-28-26-22(17-29-32(26)6-3)25(23)30-19-9-11-20(33)12-10-19/h7-8,13-14,16-17,19,24H,4-6,9-12,15H2,1-3H3,(H,28,30)(H,31,34). The predicted molar refractivity (Wildman–Crippen MR) is 137 cm³/mol. The molecule has 1 unspecified atom stereocenters. The summed E-state index contributed by atoms with van der Waals surface area (Å²) in [6.45, 7) is 7.52. The number of carbonyl (C=O) groups is 2. The first-order chi connectivity index (χ1) is 17.0. The normalized spacial score (nSPS) is 15.2. The molecule has 0 bridgehead atoms. The van der Waals surface area contributed by atoms with Crippen molar-refractivity contribution in [1.29, 1.82) is 0 Å². The number of nitrogens with one attached hydrogen (secondary N) is 2. The fourth-order valence-electron chi connectivity index (χ4n) is 4.55. The van der Waals surface area contributed by atoms with E-state index in [1.54, 1.807) is 12.4 Å². The van der Waals surface area contributed by atoms with Gasteiger partial charge in [-0.05, 0) is 50.3 Å². The lowest BCUT2D eigenvalue weighted by atomic mass is 9.94. The van der Waals surface area contributed by atoms with E-state index in [-0.39, 0.29) is 18.0 Å². The van der Waals surface area contributed by atoms with Crippen LogP contribution in [-0.2, 0) is 11.3 Å². The van der Waals surface area contributed by atoms with Crippen LogP contribution in [0.15, 0.2) is 36.7 Å². The zero-order valence-electron chi connectivity index (χ0n) is 20.8. The molecule has 1 aromatic carbocycles. The third-order valence-corrected chi connectivity index (χ3v) is 6.57. The minimum Gasteiger partial charge on any atom is -0.494 e. The van der Waals surface area contributed by atoms with Gasteiger partial charge in [0.15, 0.2) is 5.65 Å². The van der Waals surface area contributed by atoms with Crippen molar-refractivity contribution in [2.75, 3.05) is 11.9 Å². The van der Waals surface area contributed by atoms with Gasteiger partial charge in [0.1, 0.15) is 11.5 Å². The van der Waals surface area contributed by atoms with E-state index in [0.29, 0.717) is 37.3 Å². The fraction of sp³-hybridized carbons (Fsp3) is 0.481. The number of pyridine rings is 1. The third kappa shape index (κ3) is 5.63. The van der Waals surface area contributed by atoms with Crippen LogP contribution in [0.2, 0.25) is 0 Å². The number of anilines is 1. The summed E-state index contributed by atoms with van der Waals surface area (Å²) in [6.07, 6.45) is 7.76. The number of hydrogen-bond acceptors (Lipinski definition) is 6. The van der Waals surface area contributed by atoms with E-state index in [1.807, 2.05) is 35.9 Å². The minimum atomic E-state index is -0.184. The van der Waals surface area contributed by atoms with Crippen molar-refractivity contribution in [2.45, 2.75) is 77.9 Å². The molecule has 0 aliphatic heterocycles. The predicted octanol–water partition coefficient (Wildman–Crippen LogP) is 5.04. The molecule has 4 rings (SSSR count). The van der Waals surface area contributed by atoms with Gasteiger partial charge < -0.3 is 15.4 Å². The van der Waals surface area contributed by atoms with Gasteiger partial charge in [0.25, 0.3) is 5.91 Å². The molecule has 2 N–H and O–H groups in total. The quantitative estimate of drug-likeness (QED) is 0.424. The third-order valence-electron chi connectivity index (χ3n) is 6.57. The van der Waals surface area contributed by atoms with Crippen LogP contribution in [0.25, 0.3) is 11.0 Å². The summed E-state index contributed by atoms with van der Waals surface area (Å²) in [5.74, 6) is 0.949. The molecule has 1 aliphatic carbocycles. The summed E-state index contributed by atoms with van der Waals surface area (Å²) in [5, 5.41) is 12.0. The molecule has 2 heterocycles. The van der Waals surface area contributed by atoms with Crippen molar-refractivity contribution in [3.63, 3.8) is 0 Å². The van der Waals surface area contributed by atoms with Crippen molar-refractivity contribution in [3.8, 4) is 5.75 Å². The lowest BCUT2D eigenvalue weighted by molar-refractivity contribution is -0.120. The van der Waals surface area contributed by atoms with Gasteiger partial charge in [-0.2, -0.15) is 5.10 Å². The van der Waals surface area contributed by atoms with Gasteiger partial charge in [-0.3, -0.25) is 9.59 Å². The summed E-state index contributed by atoms with van der Waals surface area (Å²) >= 11 is 0. The maximum Gasteiger partial charge on any atom is 0.255 e. The molecule has 186 valence electrons. The number of Topliss-reactive ketones (excluding diaryl/α,β-unsaturated/α-hetero) is 1. The Morgan fingerprint density at radius 3 is 2.54 bits per heavy atom. The second-order valence-electron chi connectivity index (χ2n) is 9.05. The molecule has 1 saturated carbocycles. The Kier molecular flexibility index (Phi) is 8.00. The summed E-state index contributed by atoms with van der Waals surface area (Å²) in [5.41, 5.74) is 3.00. The molecular formula is C27H35N5O3. The zero-order valence-corrected chi connectivity index (χ0v) is 20.8. The Balaban J connectivity index is 1.59. The van der Waals surface area contributed by atoms with E-state index in [1.165, 1.54) is 0 Å². The highest BCUT2D eigenvalue weighted by molar-refractivity contribution is 6.06. The smallest absolute Gasteiger partial charge is 0.255 e. The first-order valence-corrected chi connectivity index (χ1v) is 12.7. The summed E-state index contributed by atoms with van der Waals surface area (Å²) in [4.78, 5) is 29.8. The topological polar surface area (TPSA) is 98.1 Å². The number of rotatable bonds is 10. The molecule has 1 fully saturated rings. The van der Waals surface area contributed by atoms with Gasteiger partial charge in [0, 0.05) is 31.6 Å². The lowest BCUT2D eigenvalue weighted by Crippen LogP contribution is -2.31. The number of nitrogens with zero attached hydrogens (tertiary/aromatic N) is 3. The first-order valence-electron chi connectivity index (χ1n) is 12.7. The average molecular weight is 478 g/mol. The number of benzene rings is 1. The van der Waals surface area contributed by atoms with E-state index in [2.05, 4.69) is 34.6 Å². The highest BCUT2D eigenvalue weighted by Gasteiger charge is 2.25. The van der Waals surface area contributed by atoms with Crippen LogP contribution < -0.4 is 15.4 Å². The van der Waals surface area contributed by atoms with Crippen molar-refractivity contribution in [2.24, 2.45) is 0 Å². The van der Waals surface area contributed by atoms with E-state index < -0.39 is 0 Å². The molecule has 1 aliphatic rings. The molecule has 0 radical (unpaired) electrons. The van der Waals surface area contributed by atoms with E-state index in [0.717, 1.165) is 53.7 Å². The second kappa shape index (κ2) is 11.3. The molecular weight excluding hydrogens is 442 g/mol. The van der Waals surface area contributed by atoms with Gasteiger partial charge in [-0.15, -0.1) is 0 Å². The summed E-state index contributed by atoms with van der Waals surface area (Å²) in [7, 11) is 0. The lowest BCUT2D eigenvalue weighted by Gasteiger charge is -2.25. The Labute approximate surface area is 206 Å². The first kappa shape index (κ1) is 24.7. The van der Waals surface area contributed by atoms with Gasteiger partial charge >= 0.3 is 0 Å². The van der Waals surface area contributed by atoms with Crippen LogP contribution in [0.5, 0.6) is 5.75 Å². The van der Waals surface area contributed by atoms with Gasteiger partial charge in [0.05, 0.1) is 35.5 Å². The monoisotopic (exact) mass is 477 g/mol. The van der Waals surface area contributed by atoms with Crippen LogP contribution in [0.4, 0.5) is 5.69 Å². The van der Waals surface area contributed by atoms with Crippen LogP contribution in [0.3, 0.4) is 0 Å². The molecule has 3 aromatic rings. The van der Waals surface area contributed by atoms with Crippen molar-refractivity contribution in [3.05, 3.63) is 47.8 Å². The molecule has 8 heteroatoms. The molecule has 1 atom stereocenters. The SMILES string of the molecule is CCCOc1ccc(C(CC)NC(=O)c2cnc3c(cnn3CC)c2NC2CCC(=O)CC2)cc1. The zero-order chi connectivity index (χ0) is 24.8. The Hall–Kier alpha value is -3.42. The van der Waals surface area contributed by atoms with E-state index in [4.69, 9.17) is 4.74 Å². The Bertz CT molecular complexity index is 1160. The number of ether oxygens (including phenoxy) is 1. The summed E-state index contributed by atoms with van der Waals surface area (Å²) < 4.78 is 7.51. The number of amides is 1. The van der Waals surface area contributed by atoms with Crippen molar-refractivity contribution >= 4 is 28.4 Å². The van der Waals surface area contributed by atoms with Crippen LogP contribution >= 0.6 is 0 Å². The number of carbonyl (C=O) groups excluding carboxylic acids is 2. The van der Waals surface area contributed by atoms with E-state index >= 15 is 0 Å². The maximum atomic E-state index is 13.5. The van der Waals surface area contributed by atoms with Crippen LogP contribution in [0, 0.1) is 0 Å². The number of aryl methyl sites for hydroxylation is 1. The van der Waals surface area contributed by atoms with Gasteiger partial charge in [-0.1, -0.05) is 26.0 Å². The Morgan fingerprint density at radius 2 is 1.89 bits per heavy atom. The van der Waals surface area contributed by atoms with Crippen molar-refractivity contribution in [1.82, 2.24) is 20.1 Å². The number of fused-ring (bicyclic) bond motifs is 1. The molecule has 1 amide bonds. The number of ketones is 1.